The van der Waals surface area contributed by atoms with Crippen LogP contribution >= 0.6 is 0 Å². The van der Waals surface area contributed by atoms with E-state index in [0.717, 1.165) is 0 Å². The maximum Gasteiger partial charge on any atom is 0.321 e. The molecule has 0 rings (SSSR count). The van der Waals surface area contributed by atoms with Crippen molar-refractivity contribution in [3.05, 3.63) is 0 Å². The van der Waals surface area contributed by atoms with Crippen LogP contribution in [0.2, 0.25) is 0 Å². The van der Waals surface area contributed by atoms with E-state index < -0.39 is 16.0 Å². The second-order valence-electron chi connectivity index (χ2n) is 4.94. The molecule has 0 aromatic rings. The van der Waals surface area contributed by atoms with Crippen molar-refractivity contribution in [3.8, 4) is 0 Å². The third kappa shape index (κ3) is 6.35. The molecular formula is C12H25NO4S. The predicted molar refractivity (Wildman–Crippen MR) is 71.7 cm³/mol. The Bertz CT molecular complexity index is 349. The Morgan fingerprint density at radius 3 is 2.17 bits per heavy atom. The molecule has 0 N–H and O–H groups in total. The summed E-state index contributed by atoms with van der Waals surface area (Å²) >= 11 is 0. The van der Waals surface area contributed by atoms with Crippen LogP contribution in [-0.2, 0) is 19.6 Å². The second kappa shape index (κ2) is 7.74. The average Bonchev–Trinajstić information content (AvgIpc) is 2.23. The smallest absolute Gasteiger partial charge is 0.321 e. The van der Waals surface area contributed by atoms with Gasteiger partial charge >= 0.3 is 5.97 Å². The zero-order valence-corrected chi connectivity index (χ0v) is 12.8. The molecule has 5 nitrogen and oxygen atoms in total. The summed E-state index contributed by atoms with van der Waals surface area (Å²) in [5, 5.41) is 0. The molecule has 0 aromatic carbocycles. The first-order valence-electron chi connectivity index (χ1n) is 6.35. The largest absolute Gasteiger partial charge is 0.465 e. The molecule has 0 aliphatic rings. The summed E-state index contributed by atoms with van der Waals surface area (Å²) in [5.41, 5.74) is 0. The fourth-order valence-corrected chi connectivity index (χ4v) is 3.39. The van der Waals surface area contributed by atoms with Crippen LogP contribution in [0, 0.1) is 5.92 Å². The first kappa shape index (κ1) is 17.4. The maximum atomic E-state index is 12.1. The monoisotopic (exact) mass is 279 g/mol. The highest BCUT2D eigenvalue weighted by molar-refractivity contribution is 7.89. The van der Waals surface area contributed by atoms with Crippen LogP contribution in [-0.4, -0.2) is 43.6 Å². The van der Waals surface area contributed by atoms with Crippen molar-refractivity contribution in [1.29, 1.82) is 0 Å². The number of rotatable bonds is 8. The van der Waals surface area contributed by atoms with E-state index in [2.05, 4.69) is 0 Å². The molecule has 0 amide bonds. The summed E-state index contributed by atoms with van der Waals surface area (Å²) < 4.78 is 30.3. The van der Waals surface area contributed by atoms with Crippen LogP contribution in [0.15, 0.2) is 0 Å². The number of sulfonamides is 1. The van der Waals surface area contributed by atoms with Gasteiger partial charge in [0.2, 0.25) is 10.0 Å². The van der Waals surface area contributed by atoms with Gasteiger partial charge in [0.1, 0.15) is 6.54 Å². The van der Waals surface area contributed by atoms with Gasteiger partial charge in [-0.15, -0.1) is 0 Å². The summed E-state index contributed by atoms with van der Waals surface area (Å²) in [6.45, 7) is 9.22. The zero-order valence-electron chi connectivity index (χ0n) is 12.0. The van der Waals surface area contributed by atoms with Gasteiger partial charge in [-0.05, 0) is 33.1 Å². The lowest BCUT2D eigenvalue weighted by atomic mass is 10.2. The lowest BCUT2D eigenvalue weighted by molar-refractivity contribution is -0.143. The van der Waals surface area contributed by atoms with Gasteiger partial charge in [0.15, 0.2) is 0 Å². The average molecular weight is 279 g/mol. The minimum atomic E-state index is -3.40. The molecule has 108 valence electrons. The molecule has 0 fully saturated rings. The first-order valence-corrected chi connectivity index (χ1v) is 7.96. The minimum Gasteiger partial charge on any atom is -0.465 e. The molecule has 0 aliphatic carbocycles. The van der Waals surface area contributed by atoms with Crippen molar-refractivity contribution in [2.45, 2.75) is 47.1 Å². The fraction of sp³-hybridized carbons (Fsp3) is 0.917. The molecule has 0 aliphatic heterocycles. The van der Waals surface area contributed by atoms with Crippen molar-refractivity contribution < 1.29 is 17.9 Å². The molecule has 0 unspecified atom stereocenters. The molecular weight excluding hydrogens is 254 g/mol. The van der Waals surface area contributed by atoms with Crippen LogP contribution < -0.4 is 0 Å². The van der Waals surface area contributed by atoms with E-state index in [0.29, 0.717) is 12.3 Å². The van der Waals surface area contributed by atoms with E-state index in [4.69, 9.17) is 4.74 Å². The van der Waals surface area contributed by atoms with E-state index in [1.807, 2.05) is 13.8 Å². The molecule has 0 saturated carbocycles. The summed E-state index contributed by atoms with van der Waals surface area (Å²) in [5.74, 6) is -0.113. The normalized spacial score (nSPS) is 12.4. The van der Waals surface area contributed by atoms with Gasteiger partial charge < -0.3 is 4.74 Å². The summed E-state index contributed by atoms with van der Waals surface area (Å²) in [6, 6.07) is -0.244. The predicted octanol–water partition coefficient (Wildman–Crippen LogP) is 1.64. The number of hydrogen-bond donors (Lipinski definition) is 0. The van der Waals surface area contributed by atoms with Crippen LogP contribution in [0.1, 0.15) is 41.0 Å². The minimum absolute atomic E-state index is 0.0717. The number of carbonyl (C=O) groups excluding carboxylic acids is 1. The Morgan fingerprint density at radius 1 is 1.22 bits per heavy atom. The summed E-state index contributed by atoms with van der Waals surface area (Å²) in [7, 11) is -3.40. The first-order chi connectivity index (χ1) is 8.20. The van der Waals surface area contributed by atoms with Crippen molar-refractivity contribution >= 4 is 16.0 Å². The van der Waals surface area contributed by atoms with E-state index in [1.54, 1.807) is 20.8 Å². The van der Waals surface area contributed by atoms with Crippen LogP contribution in [0.4, 0.5) is 0 Å². The molecule has 0 heterocycles. The van der Waals surface area contributed by atoms with Crippen LogP contribution in [0.25, 0.3) is 0 Å². The highest BCUT2D eigenvalue weighted by atomic mass is 32.2. The molecule has 0 saturated heterocycles. The number of hydrogen-bond acceptors (Lipinski definition) is 4. The summed E-state index contributed by atoms with van der Waals surface area (Å²) in [6.07, 6.45) is 0.592. The van der Waals surface area contributed by atoms with Crippen LogP contribution in [0.3, 0.4) is 0 Å². The number of carbonyl (C=O) groups is 1. The van der Waals surface area contributed by atoms with Gasteiger partial charge in [-0.2, -0.15) is 4.31 Å². The summed E-state index contributed by atoms with van der Waals surface area (Å²) in [4.78, 5) is 11.4. The van der Waals surface area contributed by atoms with Gasteiger partial charge in [0, 0.05) is 6.04 Å². The zero-order chi connectivity index (χ0) is 14.3. The molecule has 0 spiro atoms. The second-order valence-corrected chi connectivity index (χ2v) is 6.98. The van der Waals surface area contributed by atoms with E-state index >= 15 is 0 Å². The Hall–Kier alpha value is -0.620. The topological polar surface area (TPSA) is 63.7 Å². The van der Waals surface area contributed by atoms with Crippen molar-refractivity contribution in [2.24, 2.45) is 5.92 Å². The Labute approximate surface area is 111 Å². The van der Waals surface area contributed by atoms with Gasteiger partial charge in [-0.3, -0.25) is 4.79 Å². The fourth-order valence-electron chi connectivity index (χ4n) is 1.44. The van der Waals surface area contributed by atoms with E-state index in [1.165, 1.54) is 4.31 Å². The molecule has 6 heteroatoms. The number of esters is 1. The molecule has 0 atom stereocenters. The Kier molecular flexibility index (Phi) is 7.47. The maximum absolute atomic E-state index is 12.1. The standard InChI is InChI=1S/C12H25NO4S/c1-6-17-12(14)9-13(11(4)5)18(15,16)8-7-10(2)3/h10-11H,6-9H2,1-5H3. The Morgan fingerprint density at radius 2 is 1.78 bits per heavy atom. The third-order valence-electron chi connectivity index (χ3n) is 2.48. The molecule has 0 aromatic heterocycles. The lowest BCUT2D eigenvalue weighted by Gasteiger charge is -2.25. The van der Waals surface area contributed by atoms with E-state index in [9.17, 15) is 13.2 Å². The number of nitrogens with zero attached hydrogens (tertiary/aromatic N) is 1. The van der Waals surface area contributed by atoms with E-state index in [-0.39, 0.29) is 24.9 Å². The van der Waals surface area contributed by atoms with Crippen molar-refractivity contribution in [1.82, 2.24) is 4.31 Å². The number of ether oxygens (including phenoxy) is 1. The van der Waals surface area contributed by atoms with Gasteiger partial charge in [0.05, 0.1) is 12.4 Å². The Balaban J connectivity index is 4.72. The van der Waals surface area contributed by atoms with Crippen molar-refractivity contribution in [2.75, 3.05) is 18.9 Å². The van der Waals surface area contributed by atoms with Crippen molar-refractivity contribution in [3.63, 3.8) is 0 Å². The highest BCUT2D eigenvalue weighted by Gasteiger charge is 2.27. The van der Waals surface area contributed by atoms with Crippen LogP contribution in [0.5, 0.6) is 0 Å². The SMILES string of the molecule is CCOC(=O)CN(C(C)C)S(=O)(=O)CCC(C)C. The van der Waals surface area contributed by atoms with Gasteiger partial charge in [-0.1, -0.05) is 13.8 Å². The van der Waals surface area contributed by atoms with Gasteiger partial charge in [0.25, 0.3) is 0 Å². The highest BCUT2D eigenvalue weighted by Crippen LogP contribution is 2.12. The lowest BCUT2D eigenvalue weighted by Crippen LogP contribution is -2.42. The molecule has 18 heavy (non-hydrogen) atoms. The molecule has 0 bridgehead atoms. The third-order valence-corrected chi connectivity index (χ3v) is 4.49. The van der Waals surface area contributed by atoms with Gasteiger partial charge in [-0.25, -0.2) is 8.42 Å². The molecule has 0 radical (unpaired) electrons. The quantitative estimate of drug-likeness (QED) is 0.634.